The molecule has 1 aromatic carbocycles. The molecule has 0 saturated carbocycles. The van der Waals surface area contributed by atoms with E-state index in [1.807, 2.05) is 25.7 Å². The Hall–Kier alpha value is -3.54. The van der Waals surface area contributed by atoms with Crippen molar-refractivity contribution in [2.45, 2.75) is 51.8 Å². The number of carbonyl (C=O) groups excluding carboxylic acids is 1. The van der Waals surface area contributed by atoms with Gasteiger partial charge in [0.2, 0.25) is 0 Å². The Bertz CT molecular complexity index is 1150. The predicted molar refractivity (Wildman–Crippen MR) is 121 cm³/mol. The van der Waals surface area contributed by atoms with Gasteiger partial charge in [0.1, 0.15) is 11.9 Å². The molecule has 1 saturated heterocycles. The molecule has 170 valence electrons. The molecule has 0 unspecified atom stereocenters. The first-order chi connectivity index (χ1) is 15.1. The first kappa shape index (κ1) is 23.1. The maximum atomic E-state index is 13.0. The number of hydrogen-bond donors (Lipinski definition) is 1. The lowest BCUT2D eigenvalue weighted by atomic mass is 10.1. The minimum Gasteiger partial charge on any atom is -0.444 e. The molecular formula is C23H29N5O4. The molecule has 1 amide bonds. The minimum atomic E-state index is -0.492. The standard InChI is InChI=1S/C23H29N5O4/c1-23(2,3)25-21(30)32-18-10-7-11-27(15-18)19-12-20(29)26(4)22(31)28(19)14-17-9-6-5-8-16(17)13-24/h5-6,8-9,12,18H,7,10-11,14-15H2,1-4H3,(H,25,30)/t18-/m1/s1. The van der Waals surface area contributed by atoms with Gasteiger partial charge in [0.25, 0.3) is 5.56 Å². The number of piperidine rings is 1. The van der Waals surface area contributed by atoms with Gasteiger partial charge in [-0.15, -0.1) is 0 Å². The van der Waals surface area contributed by atoms with E-state index in [0.717, 1.165) is 11.0 Å². The summed E-state index contributed by atoms with van der Waals surface area (Å²) >= 11 is 0. The number of rotatable bonds is 4. The third-order valence-electron chi connectivity index (χ3n) is 5.30. The van der Waals surface area contributed by atoms with Gasteiger partial charge in [-0.2, -0.15) is 5.26 Å². The van der Waals surface area contributed by atoms with Crippen LogP contribution >= 0.6 is 0 Å². The van der Waals surface area contributed by atoms with Gasteiger partial charge in [0, 0.05) is 25.2 Å². The number of amides is 1. The van der Waals surface area contributed by atoms with Crippen LogP contribution < -0.4 is 21.5 Å². The number of aromatic nitrogens is 2. The third-order valence-corrected chi connectivity index (χ3v) is 5.30. The largest absolute Gasteiger partial charge is 0.444 e. The van der Waals surface area contributed by atoms with Crippen molar-refractivity contribution in [2.24, 2.45) is 7.05 Å². The van der Waals surface area contributed by atoms with Crippen molar-refractivity contribution in [3.63, 3.8) is 0 Å². The zero-order valence-electron chi connectivity index (χ0n) is 18.9. The topological polar surface area (TPSA) is 109 Å². The van der Waals surface area contributed by atoms with Crippen molar-refractivity contribution in [3.05, 3.63) is 62.3 Å². The number of benzene rings is 1. The molecule has 1 aliphatic rings. The van der Waals surface area contributed by atoms with E-state index in [9.17, 15) is 19.6 Å². The SMILES string of the molecule is Cn1c(=O)cc(N2CCC[C@@H](OC(=O)NC(C)(C)C)C2)n(Cc2ccccc2C#N)c1=O. The van der Waals surface area contributed by atoms with E-state index in [4.69, 9.17) is 4.74 Å². The number of anilines is 1. The van der Waals surface area contributed by atoms with Crippen LogP contribution in [0.2, 0.25) is 0 Å². The molecule has 0 spiro atoms. The average Bonchev–Trinajstić information content (AvgIpc) is 2.73. The zero-order valence-corrected chi connectivity index (χ0v) is 18.9. The summed E-state index contributed by atoms with van der Waals surface area (Å²) in [5.41, 5.74) is -0.132. The molecule has 1 aliphatic heterocycles. The fourth-order valence-corrected chi connectivity index (χ4v) is 3.74. The van der Waals surface area contributed by atoms with Gasteiger partial charge in [0.05, 0.1) is 24.7 Å². The summed E-state index contributed by atoms with van der Waals surface area (Å²) in [5.74, 6) is 0.454. The van der Waals surface area contributed by atoms with Crippen molar-refractivity contribution in [1.29, 1.82) is 5.26 Å². The van der Waals surface area contributed by atoms with Gasteiger partial charge in [-0.25, -0.2) is 9.59 Å². The second kappa shape index (κ2) is 9.30. The van der Waals surface area contributed by atoms with Gasteiger partial charge in [-0.3, -0.25) is 13.9 Å². The molecule has 0 radical (unpaired) electrons. The highest BCUT2D eigenvalue weighted by Crippen LogP contribution is 2.21. The number of nitrogens with zero attached hydrogens (tertiary/aromatic N) is 4. The van der Waals surface area contributed by atoms with Crippen molar-refractivity contribution in [1.82, 2.24) is 14.5 Å². The fourth-order valence-electron chi connectivity index (χ4n) is 3.74. The summed E-state index contributed by atoms with van der Waals surface area (Å²) in [6.07, 6.45) is 0.574. The Morgan fingerprint density at radius 2 is 2.00 bits per heavy atom. The summed E-state index contributed by atoms with van der Waals surface area (Å²) in [6.45, 7) is 6.76. The van der Waals surface area contributed by atoms with E-state index in [2.05, 4.69) is 11.4 Å². The summed E-state index contributed by atoms with van der Waals surface area (Å²) in [5, 5.41) is 12.2. The van der Waals surface area contributed by atoms with Crippen LogP contribution in [0, 0.1) is 11.3 Å². The van der Waals surface area contributed by atoms with Crippen molar-refractivity contribution >= 4 is 11.9 Å². The quantitative estimate of drug-likeness (QED) is 0.780. The Morgan fingerprint density at radius 3 is 2.69 bits per heavy atom. The Balaban J connectivity index is 1.91. The van der Waals surface area contributed by atoms with Crippen LogP contribution in [0.25, 0.3) is 0 Å². The lowest BCUT2D eigenvalue weighted by Crippen LogP contribution is -2.48. The van der Waals surface area contributed by atoms with E-state index in [1.54, 1.807) is 24.3 Å². The van der Waals surface area contributed by atoms with E-state index in [0.29, 0.717) is 36.5 Å². The molecule has 3 rings (SSSR count). The number of hydrogen-bond acceptors (Lipinski definition) is 6. The number of alkyl carbamates (subject to hydrolysis) is 1. The smallest absolute Gasteiger partial charge is 0.407 e. The summed E-state index contributed by atoms with van der Waals surface area (Å²) in [4.78, 5) is 39.5. The number of carbonyl (C=O) groups is 1. The highest BCUT2D eigenvalue weighted by atomic mass is 16.6. The van der Waals surface area contributed by atoms with E-state index in [1.165, 1.54) is 17.7 Å². The average molecular weight is 440 g/mol. The monoisotopic (exact) mass is 439 g/mol. The van der Waals surface area contributed by atoms with Gasteiger partial charge >= 0.3 is 11.8 Å². The fraction of sp³-hybridized carbons (Fsp3) is 0.478. The van der Waals surface area contributed by atoms with Crippen LogP contribution in [-0.4, -0.2) is 40.0 Å². The molecule has 2 aromatic rings. The van der Waals surface area contributed by atoms with Crippen LogP contribution in [0.15, 0.2) is 39.9 Å². The molecule has 1 atom stereocenters. The predicted octanol–water partition coefficient (Wildman–Crippen LogP) is 1.96. The van der Waals surface area contributed by atoms with Crippen molar-refractivity contribution in [2.75, 3.05) is 18.0 Å². The molecule has 2 heterocycles. The number of ether oxygens (including phenoxy) is 1. The molecule has 9 nitrogen and oxygen atoms in total. The van der Waals surface area contributed by atoms with Gasteiger partial charge < -0.3 is 15.0 Å². The molecule has 32 heavy (non-hydrogen) atoms. The third kappa shape index (κ3) is 5.38. The molecule has 0 bridgehead atoms. The van der Waals surface area contributed by atoms with Crippen molar-refractivity contribution < 1.29 is 9.53 Å². The van der Waals surface area contributed by atoms with Crippen LogP contribution in [0.4, 0.5) is 10.6 Å². The van der Waals surface area contributed by atoms with E-state index >= 15 is 0 Å². The summed E-state index contributed by atoms with van der Waals surface area (Å²) in [6, 6.07) is 10.6. The van der Waals surface area contributed by atoms with Crippen LogP contribution in [-0.2, 0) is 18.3 Å². The molecule has 1 N–H and O–H groups in total. The van der Waals surface area contributed by atoms with E-state index < -0.39 is 22.9 Å². The molecule has 0 aliphatic carbocycles. The van der Waals surface area contributed by atoms with Crippen LogP contribution in [0.3, 0.4) is 0 Å². The second-order valence-electron chi connectivity index (χ2n) is 9.03. The maximum Gasteiger partial charge on any atom is 0.407 e. The first-order valence-corrected chi connectivity index (χ1v) is 10.6. The van der Waals surface area contributed by atoms with Gasteiger partial charge in [0.15, 0.2) is 0 Å². The molecule has 9 heteroatoms. The van der Waals surface area contributed by atoms with Crippen LogP contribution in [0.5, 0.6) is 0 Å². The van der Waals surface area contributed by atoms with Gasteiger partial charge in [-0.1, -0.05) is 18.2 Å². The number of nitrogens with one attached hydrogen (secondary N) is 1. The van der Waals surface area contributed by atoms with Crippen LogP contribution in [0.1, 0.15) is 44.7 Å². The highest BCUT2D eigenvalue weighted by Gasteiger charge is 2.27. The summed E-state index contributed by atoms with van der Waals surface area (Å²) in [7, 11) is 1.43. The lowest BCUT2D eigenvalue weighted by Gasteiger charge is -2.35. The summed E-state index contributed by atoms with van der Waals surface area (Å²) < 4.78 is 8.14. The molecule has 1 aromatic heterocycles. The Kier molecular flexibility index (Phi) is 6.72. The normalized spacial score (nSPS) is 16.3. The lowest BCUT2D eigenvalue weighted by molar-refractivity contribution is 0.0823. The minimum absolute atomic E-state index is 0.151. The second-order valence-corrected chi connectivity index (χ2v) is 9.03. The number of nitriles is 1. The van der Waals surface area contributed by atoms with Gasteiger partial charge in [-0.05, 0) is 45.2 Å². The van der Waals surface area contributed by atoms with Crippen molar-refractivity contribution in [3.8, 4) is 6.07 Å². The Morgan fingerprint density at radius 1 is 1.28 bits per heavy atom. The highest BCUT2D eigenvalue weighted by molar-refractivity contribution is 5.68. The maximum absolute atomic E-state index is 13.0. The first-order valence-electron chi connectivity index (χ1n) is 10.6. The van der Waals surface area contributed by atoms with E-state index in [-0.39, 0.29) is 12.6 Å². The molecule has 1 fully saturated rings. The Labute approximate surface area is 186 Å². The molecular weight excluding hydrogens is 410 g/mol. The zero-order chi connectivity index (χ0) is 23.5.